The highest BCUT2D eigenvalue weighted by atomic mass is 15.1. The number of anilines is 1. The molecule has 170 valence electrons. The molecule has 0 bridgehead atoms. The van der Waals surface area contributed by atoms with Crippen molar-refractivity contribution >= 4 is 27.8 Å². The number of aryl methyl sites for hydroxylation is 2. The minimum Gasteiger partial charge on any atom is -0.368 e. The lowest BCUT2D eigenvalue weighted by Gasteiger charge is -2.12. The summed E-state index contributed by atoms with van der Waals surface area (Å²) < 4.78 is 0. The lowest BCUT2D eigenvalue weighted by atomic mass is 10.1. The Morgan fingerprint density at radius 3 is 2.16 bits per heavy atom. The first-order chi connectivity index (χ1) is 15.5. The number of rotatable bonds is 7. The number of aromatic nitrogens is 3. The zero-order chi connectivity index (χ0) is 23.1. The summed E-state index contributed by atoms with van der Waals surface area (Å²) in [6.45, 7) is 14.0. The molecule has 4 rings (SSSR count). The Bertz CT molecular complexity index is 1120. The van der Waals surface area contributed by atoms with E-state index in [1.165, 1.54) is 16.5 Å². The molecular weight excluding hydrogens is 394 g/mol. The third kappa shape index (κ3) is 5.65. The molecule has 0 saturated carbocycles. The minimum absolute atomic E-state index is 0.848. The van der Waals surface area contributed by atoms with Crippen LogP contribution in [0.5, 0.6) is 0 Å². The summed E-state index contributed by atoms with van der Waals surface area (Å²) in [6.07, 6.45) is 2.26. The normalized spacial score (nSPS) is 11.1. The van der Waals surface area contributed by atoms with Gasteiger partial charge in [0.25, 0.3) is 0 Å². The topological polar surface area (TPSA) is 56.8 Å². The Balaban J connectivity index is 0.000000427. The fourth-order valence-corrected chi connectivity index (χ4v) is 3.43. The van der Waals surface area contributed by atoms with E-state index in [1.54, 1.807) is 0 Å². The van der Waals surface area contributed by atoms with Gasteiger partial charge in [0.1, 0.15) is 5.69 Å². The highest BCUT2D eigenvalue weighted by Crippen LogP contribution is 2.30. The van der Waals surface area contributed by atoms with Gasteiger partial charge in [0.05, 0.1) is 16.7 Å². The molecule has 0 amide bonds. The second-order valence-electron chi connectivity index (χ2n) is 8.39. The lowest BCUT2D eigenvalue weighted by molar-refractivity contribution is 0.373. The van der Waals surface area contributed by atoms with Crippen LogP contribution < -0.4 is 5.32 Å². The molecule has 0 aliphatic rings. The van der Waals surface area contributed by atoms with E-state index >= 15 is 0 Å². The van der Waals surface area contributed by atoms with Crippen LogP contribution in [0.25, 0.3) is 33.3 Å². The Labute approximate surface area is 192 Å². The smallest absolute Gasteiger partial charge is 0.154 e. The van der Waals surface area contributed by atoms with Gasteiger partial charge in [0.15, 0.2) is 5.82 Å². The Kier molecular flexibility index (Phi) is 8.23. The average Bonchev–Trinajstić information content (AvgIpc) is 3.24. The van der Waals surface area contributed by atoms with Gasteiger partial charge in [-0.15, -0.1) is 0 Å². The molecule has 0 spiro atoms. The molecular formula is C27H37N5. The Morgan fingerprint density at radius 1 is 0.906 bits per heavy atom. The van der Waals surface area contributed by atoms with Crippen molar-refractivity contribution in [2.24, 2.45) is 0 Å². The van der Waals surface area contributed by atoms with Gasteiger partial charge in [-0.1, -0.05) is 45.4 Å². The molecule has 5 heteroatoms. The first kappa shape index (κ1) is 23.7. The minimum atomic E-state index is 0.848. The van der Waals surface area contributed by atoms with Crippen LogP contribution in [-0.4, -0.2) is 46.5 Å². The summed E-state index contributed by atoms with van der Waals surface area (Å²) >= 11 is 0. The van der Waals surface area contributed by atoms with Crippen LogP contribution in [-0.2, 0) is 0 Å². The van der Waals surface area contributed by atoms with Crippen molar-refractivity contribution < 1.29 is 0 Å². The van der Waals surface area contributed by atoms with Gasteiger partial charge in [-0.3, -0.25) is 0 Å². The van der Waals surface area contributed by atoms with Crippen molar-refractivity contribution in [3.8, 4) is 11.4 Å². The number of nitrogens with zero attached hydrogens (tertiary/aromatic N) is 3. The quantitative estimate of drug-likeness (QED) is 0.325. The molecule has 5 nitrogen and oxygen atoms in total. The van der Waals surface area contributed by atoms with Crippen LogP contribution in [0.4, 0.5) is 5.82 Å². The lowest BCUT2D eigenvalue weighted by Crippen LogP contribution is -2.15. The highest BCUT2D eigenvalue weighted by molar-refractivity contribution is 5.89. The number of unbranched alkanes of at least 4 members (excludes halogenated alkanes) is 1. The number of H-pyrrole nitrogens is 1. The summed E-state index contributed by atoms with van der Waals surface area (Å²) in [6, 6.07) is 14.7. The number of nitrogens with one attached hydrogen (secondary N) is 2. The highest BCUT2D eigenvalue weighted by Gasteiger charge is 2.14. The van der Waals surface area contributed by atoms with E-state index in [1.807, 2.05) is 6.07 Å². The fourth-order valence-electron chi connectivity index (χ4n) is 3.43. The van der Waals surface area contributed by atoms with E-state index in [0.29, 0.717) is 0 Å². The van der Waals surface area contributed by atoms with Crippen molar-refractivity contribution in [3.05, 3.63) is 53.6 Å². The standard InChI is InChI=1S/C22H24N4.C5H13N/c1-4-5-10-23-22-21(20-13-16-8-6-7-9-17(16)24-20)25-18-11-14(2)15(3)12-19(18)26-22;1-4-6(3)5-2/h6-9,11-13,24H,4-5,10H2,1-3H3,(H,23,26);4-5H2,1-3H3. The van der Waals surface area contributed by atoms with Gasteiger partial charge in [0, 0.05) is 17.4 Å². The van der Waals surface area contributed by atoms with Gasteiger partial charge in [-0.2, -0.15) is 0 Å². The van der Waals surface area contributed by atoms with Crippen molar-refractivity contribution in [3.63, 3.8) is 0 Å². The third-order valence-corrected chi connectivity index (χ3v) is 5.97. The number of para-hydroxylation sites is 1. The molecule has 0 saturated heterocycles. The average molecular weight is 432 g/mol. The number of aromatic amines is 1. The zero-order valence-corrected chi connectivity index (χ0v) is 20.4. The predicted molar refractivity (Wildman–Crippen MR) is 139 cm³/mol. The van der Waals surface area contributed by atoms with Crippen LogP contribution in [0, 0.1) is 13.8 Å². The van der Waals surface area contributed by atoms with Crippen LogP contribution >= 0.6 is 0 Å². The molecule has 32 heavy (non-hydrogen) atoms. The monoisotopic (exact) mass is 431 g/mol. The maximum absolute atomic E-state index is 4.97. The molecule has 0 fully saturated rings. The van der Waals surface area contributed by atoms with Gasteiger partial charge < -0.3 is 15.2 Å². The maximum Gasteiger partial charge on any atom is 0.154 e. The Morgan fingerprint density at radius 2 is 1.56 bits per heavy atom. The van der Waals surface area contributed by atoms with E-state index in [0.717, 1.165) is 66.2 Å². The maximum atomic E-state index is 4.97. The molecule has 0 atom stereocenters. The molecule has 0 aliphatic carbocycles. The van der Waals surface area contributed by atoms with Gasteiger partial charge in [0.2, 0.25) is 0 Å². The first-order valence-electron chi connectivity index (χ1n) is 11.8. The Hall–Kier alpha value is -2.92. The molecule has 2 heterocycles. The summed E-state index contributed by atoms with van der Waals surface area (Å²) in [5.41, 5.74) is 7.34. The molecule has 4 aromatic rings. The van der Waals surface area contributed by atoms with Crippen molar-refractivity contribution in [2.75, 3.05) is 32.0 Å². The van der Waals surface area contributed by atoms with E-state index in [9.17, 15) is 0 Å². The van der Waals surface area contributed by atoms with Gasteiger partial charge >= 0.3 is 0 Å². The SMILES string of the molecule is CCCCNc1nc2cc(C)c(C)cc2nc1-c1cc2ccccc2[nH]1.CCN(C)CC. The number of fused-ring (bicyclic) bond motifs is 2. The fraction of sp³-hybridized carbons (Fsp3) is 0.407. The predicted octanol–water partition coefficient (Wildman–Crippen LogP) is 6.56. The van der Waals surface area contributed by atoms with Gasteiger partial charge in [-0.05, 0) is 75.8 Å². The molecule has 0 radical (unpaired) electrons. The van der Waals surface area contributed by atoms with Gasteiger partial charge in [-0.25, -0.2) is 9.97 Å². The third-order valence-electron chi connectivity index (χ3n) is 5.97. The summed E-state index contributed by atoms with van der Waals surface area (Å²) in [7, 11) is 2.11. The van der Waals surface area contributed by atoms with E-state index in [2.05, 4.69) is 93.3 Å². The van der Waals surface area contributed by atoms with Crippen molar-refractivity contribution in [1.82, 2.24) is 19.9 Å². The summed E-state index contributed by atoms with van der Waals surface area (Å²) in [5.74, 6) is 0.848. The van der Waals surface area contributed by atoms with E-state index < -0.39 is 0 Å². The number of hydrogen-bond acceptors (Lipinski definition) is 4. The van der Waals surface area contributed by atoms with Crippen LogP contribution in [0.3, 0.4) is 0 Å². The molecule has 0 unspecified atom stereocenters. The molecule has 0 aliphatic heterocycles. The summed E-state index contributed by atoms with van der Waals surface area (Å²) in [5, 5.41) is 4.67. The number of hydrogen-bond donors (Lipinski definition) is 2. The molecule has 2 aromatic heterocycles. The van der Waals surface area contributed by atoms with Crippen LogP contribution in [0.2, 0.25) is 0 Å². The largest absolute Gasteiger partial charge is 0.368 e. The van der Waals surface area contributed by atoms with E-state index in [-0.39, 0.29) is 0 Å². The number of benzene rings is 2. The second-order valence-corrected chi connectivity index (χ2v) is 8.39. The summed E-state index contributed by atoms with van der Waals surface area (Å²) in [4.78, 5) is 15.6. The van der Waals surface area contributed by atoms with Crippen LogP contribution in [0.1, 0.15) is 44.7 Å². The van der Waals surface area contributed by atoms with Crippen LogP contribution in [0.15, 0.2) is 42.5 Å². The van der Waals surface area contributed by atoms with E-state index in [4.69, 9.17) is 9.97 Å². The molecule has 2 aromatic carbocycles. The molecule has 2 N–H and O–H groups in total. The first-order valence-corrected chi connectivity index (χ1v) is 11.8. The van der Waals surface area contributed by atoms with Crippen molar-refractivity contribution in [1.29, 1.82) is 0 Å². The zero-order valence-electron chi connectivity index (χ0n) is 20.4. The van der Waals surface area contributed by atoms with Crippen molar-refractivity contribution in [2.45, 2.75) is 47.5 Å². The second kappa shape index (κ2) is 11.1.